The van der Waals surface area contributed by atoms with Crippen molar-refractivity contribution >= 4 is 35.8 Å². The number of halogens is 1. The Balaban J connectivity index is 0.00000341. The summed E-state index contributed by atoms with van der Waals surface area (Å²) >= 11 is 0. The van der Waals surface area contributed by atoms with Crippen molar-refractivity contribution in [3.05, 3.63) is 11.6 Å². The Morgan fingerprint density at radius 1 is 1.19 bits per heavy atom. The average Bonchev–Trinajstić information content (AvgIpc) is 3.37. The molecule has 0 spiro atoms. The predicted molar refractivity (Wildman–Crippen MR) is 131 cm³/mol. The van der Waals surface area contributed by atoms with Crippen molar-refractivity contribution in [2.45, 2.75) is 45.2 Å². The molecule has 1 amide bonds. The van der Waals surface area contributed by atoms with Crippen LogP contribution in [-0.2, 0) is 23.1 Å². The normalized spacial score (nSPS) is 18.2. The number of ether oxygens (including phenoxy) is 1. The smallest absolute Gasteiger partial charge is 0.234 e. The zero-order chi connectivity index (χ0) is 21.3. The number of nitrogens with one attached hydrogen (secondary N) is 2. The van der Waals surface area contributed by atoms with E-state index < -0.39 is 0 Å². The van der Waals surface area contributed by atoms with Gasteiger partial charge in [0.25, 0.3) is 0 Å². The van der Waals surface area contributed by atoms with Crippen molar-refractivity contribution < 1.29 is 9.53 Å². The molecule has 0 bridgehead atoms. The highest BCUT2D eigenvalue weighted by Gasteiger charge is 2.24. The quantitative estimate of drug-likeness (QED) is 0.212. The molecule has 0 aromatic carbocycles. The summed E-state index contributed by atoms with van der Waals surface area (Å²) < 4.78 is 6.96. The molecule has 31 heavy (non-hydrogen) atoms. The van der Waals surface area contributed by atoms with Crippen LogP contribution in [0.1, 0.15) is 37.3 Å². The summed E-state index contributed by atoms with van der Waals surface area (Å²) in [5, 5.41) is 14.9. The zero-order valence-electron chi connectivity index (χ0n) is 19.0. The number of hydrogen-bond acceptors (Lipinski definition) is 6. The van der Waals surface area contributed by atoms with Gasteiger partial charge in [-0.1, -0.05) is 12.8 Å². The van der Waals surface area contributed by atoms with Gasteiger partial charge in [0.05, 0.1) is 13.2 Å². The number of hydrogen-bond donors (Lipinski definition) is 2. The second kappa shape index (κ2) is 13.2. The molecule has 1 saturated heterocycles. The molecule has 1 saturated carbocycles. The maximum Gasteiger partial charge on any atom is 0.234 e. The lowest BCUT2D eigenvalue weighted by atomic mass is 10.2. The standard InChI is InChI=1S/C20H36N8O2.HI/c1-16-24-25-18(26(16)2)14-22-20(23-17-6-4-5-7-17)28-11-9-27(10-12-28)15-19(29)21-8-13-30-3;/h17H,4-15H2,1-3H3,(H,21,29)(H,22,23);1H. The van der Waals surface area contributed by atoms with E-state index in [0.29, 0.717) is 32.3 Å². The van der Waals surface area contributed by atoms with Gasteiger partial charge in [0.15, 0.2) is 11.8 Å². The van der Waals surface area contributed by atoms with Crippen LogP contribution in [0.4, 0.5) is 0 Å². The molecule has 11 heteroatoms. The van der Waals surface area contributed by atoms with E-state index in [1.807, 2.05) is 18.5 Å². The maximum atomic E-state index is 12.1. The molecule has 2 N–H and O–H groups in total. The number of amides is 1. The van der Waals surface area contributed by atoms with E-state index in [-0.39, 0.29) is 29.9 Å². The number of rotatable bonds is 8. The minimum atomic E-state index is 0. The minimum absolute atomic E-state index is 0. The molecule has 3 rings (SSSR count). The highest BCUT2D eigenvalue weighted by atomic mass is 127. The van der Waals surface area contributed by atoms with Gasteiger partial charge in [-0.25, -0.2) is 4.99 Å². The summed E-state index contributed by atoms with van der Waals surface area (Å²) in [5.41, 5.74) is 0. The van der Waals surface area contributed by atoms with Crippen molar-refractivity contribution in [1.82, 2.24) is 35.2 Å². The van der Waals surface area contributed by atoms with Crippen molar-refractivity contribution in [3.63, 3.8) is 0 Å². The summed E-state index contributed by atoms with van der Waals surface area (Å²) in [5.74, 6) is 2.76. The minimum Gasteiger partial charge on any atom is -0.383 e. The second-order valence-electron chi connectivity index (χ2n) is 8.09. The summed E-state index contributed by atoms with van der Waals surface area (Å²) in [7, 11) is 3.61. The molecule has 0 atom stereocenters. The van der Waals surface area contributed by atoms with E-state index >= 15 is 0 Å². The average molecular weight is 548 g/mol. The number of aliphatic imine (C=N–C) groups is 1. The Morgan fingerprint density at radius 3 is 2.52 bits per heavy atom. The number of piperazine rings is 1. The molecule has 2 fully saturated rings. The molecule has 0 unspecified atom stereocenters. The van der Waals surface area contributed by atoms with Gasteiger partial charge in [-0.05, 0) is 19.8 Å². The number of guanidine groups is 1. The van der Waals surface area contributed by atoms with Crippen LogP contribution in [0, 0.1) is 6.92 Å². The van der Waals surface area contributed by atoms with Gasteiger partial charge in [-0.3, -0.25) is 9.69 Å². The molecule has 1 aromatic rings. The number of aryl methyl sites for hydroxylation is 1. The van der Waals surface area contributed by atoms with E-state index in [0.717, 1.165) is 43.8 Å². The van der Waals surface area contributed by atoms with E-state index in [1.165, 1.54) is 25.7 Å². The number of aromatic nitrogens is 3. The van der Waals surface area contributed by atoms with E-state index in [4.69, 9.17) is 9.73 Å². The number of methoxy groups -OCH3 is 1. The molecule has 176 valence electrons. The van der Waals surface area contributed by atoms with Gasteiger partial charge in [-0.2, -0.15) is 0 Å². The molecular weight excluding hydrogens is 511 g/mol. The van der Waals surface area contributed by atoms with E-state index in [2.05, 4.69) is 30.6 Å². The third-order valence-corrected chi connectivity index (χ3v) is 5.91. The molecule has 0 radical (unpaired) electrons. The van der Waals surface area contributed by atoms with Crippen LogP contribution in [0.5, 0.6) is 0 Å². The predicted octanol–water partition coefficient (Wildman–Crippen LogP) is 0.510. The zero-order valence-corrected chi connectivity index (χ0v) is 21.3. The first-order valence-corrected chi connectivity index (χ1v) is 11.0. The second-order valence-corrected chi connectivity index (χ2v) is 8.09. The molecule has 2 heterocycles. The third kappa shape index (κ3) is 7.86. The van der Waals surface area contributed by atoms with Crippen LogP contribution >= 0.6 is 24.0 Å². The van der Waals surface area contributed by atoms with Crippen LogP contribution in [0.25, 0.3) is 0 Å². The highest BCUT2D eigenvalue weighted by molar-refractivity contribution is 14.0. The van der Waals surface area contributed by atoms with Crippen molar-refractivity contribution in [2.24, 2.45) is 12.0 Å². The van der Waals surface area contributed by atoms with Crippen molar-refractivity contribution in [3.8, 4) is 0 Å². The first-order valence-electron chi connectivity index (χ1n) is 11.0. The number of carbonyl (C=O) groups is 1. The molecule has 1 aliphatic carbocycles. The summed E-state index contributed by atoms with van der Waals surface area (Å²) in [6, 6.07) is 0.495. The van der Waals surface area contributed by atoms with Gasteiger partial charge in [0, 0.05) is 52.9 Å². The molecule has 1 aromatic heterocycles. The Bertz CT molecular complexity index is 712. The van der Waals surface area contributed by atoms with E-state index in [1.54, 1.807) is 7.11 Å². The highest BCUT2D eigenvalue weighted by Crippen LogP contribution is 2.18. The first kappa shape index (κ1) is 25.8. The van der Waals surface area contributed by atoms with Gasteiger partial charge in [-0.15, -0.1) is 34.2 Å². The Kier molecular flexibility index (Phi) is 10.9. The fourth-order valence-electron chi connectivity index (χ4n) is 3.89. The molecule has 2 aliphatic rings. The lowest BCUT2D eigenvalue weighted by Gasteiger charge is -2.37. The summed E-state index contributed by atoms with van der Waals surface area (Å²) in [4.78, 5) is 21.4. The fourth-order valence-corrected chi connectivity index (χ4v) is 3.89. The van der Waals surface area contributed by atoms with Crippen LogP contribution in [-0.4, -0.2) is 95.5 Å². The molecule has 1 aliphatic heterocycles. The van der Waals surface area contributed by atoms with Crippen LogP contribution in [0.3, 0.4) is 0 Å². The Hall–Kier alpha value is -1.47. The maximum absolute atomic E-state index is 12.1. The van der Waals surface area contributed by atoms with Crippen LogP contribution in [0.2, 0.25) is 0 Å². The lowest BCUT2D eigenvalue weighted by Crippen LogP contribution is -2.55. The lowest BCUT2D eigenvalue weighted by molar-refractivity contribution is -0.122. The van der Waals surface area contributed by atoms with Gasteiger partial charge >= 0.3 is 0 Å². The van der Waals surface area contributed by atoms with Crippen molar-refractivity contribution in [1.29, 1.82) is 0 Å². The SMILES string of the molecule is COCCNC(=O)CN1CCN(C(=NCc2nnc(C)n2C)NC2CCCC2)CC1.I. The summed E-state index contributed by atoms with van der Waals surface area (Å²) in [6.07, 6.45) is 4.95. The van der Waals surface area contributed by atoms with Crippen LogP contribution in [0.15, 0.2) is 4.99 Å². The topological polar surface area (TPSA) is 99.9 Å². The van der Waals surface area contributed by atoms with Crippen LogP contribution < -0.4 is 10.6 Å². The number of nitrogens with zero attached hydrogens (tertiary/aromatic N) is 6. The molecule has 10 nitrogen and oxygen atoms in total. The number of carbonyl (C=O) groups excluding carboxylic acids is 1. The van der Waals surface area contributed by atoms with Gasteiger partial charge < -0.3 is 24.8 Å². The van der Waals surface area contributed by atoms with Crippen molar-refractivity contribution in [2.75, 3.05) is 53.0 Å². The fraction of sp³-hybridized carbons (Fsp3) is 0.800. The largest absolute Gasteiger partial charge is 0.383 e. The van der Waals surface area contributed by atoms with Gasteiger partial charge in [0.1, 0.15) is 12.4 Å². The molecular formula is C20H37IN8O2. The Labute approximate surface area is 202 Å². The van der Waals surface area contributed by atoms with E-state index in [9.17, 15) is 4.79 Å². The third-order valence-electron chi connectivity index (χ3n) is 5.91. The Morgan fingerprint density at radius 2 is 1.90 bits per heavy atom. The first-order chi connectivity index (χ1) is 14.6. The van der Waals surface area contributed by atoms with Gasteiger partial charge in [0.2, 0.25) is 5.91 Å². The monoisotopic (exact) mass is 548 g/mol. The summed E-state index contributed by atoms with van der Waals surface area (Å²) in [6.45, 7) is 7.35.